The zero-order valence-electron chi connectivity index (χ0n) is 13.6. The normalized spacial score (nSPS) is 10.9. The van der Waals surface area contributed by atoms with Crippen molar-refractivity contribution in [3.63, 3.8) is 0 Å². The zero-order chi connectivity index (χ0) is 16.6. The first kappa shape index (κ1) is 18.0. The summed E-state index contributed by atoms with van der Waals surface area (Å²) in [4.78, 5) is 11.6. The van der Waals surface area contributed by atoms with E-state index in [4.69, 9.17) is 15.2 Å². The Morgan fingerprint density at radius 3 is 2.73 bits per heavy atom. The predicted molar refractivity (Wildman–Crippen MR) is 88.0 cm³/mol. The number of carbonyl (C=O) groups is 1. The number of nitrogens with one attached hydrogen (secondary N) is 1. The molecule has 0 saturated carbocycles. The summed E-state index contributed by atoms with van der Waals surface area (Å²) in [6, 6.07) is 5.88. The molecule has 1 amide bonds. The molecule has 0 atom stereocenters. The molecule has 1 aromatic rings. The van der Waals surface area contributed by atoms with E-state index in [1.807, 2.05) is 39.0 Å². The van der Waals surface area contributed by atoms with E-state index in [0.29, 0.717) is 26.1 Å². The van der Waals surface area contributed by atoms with Gasteiger partial charge in [0.05, 0.1) is 0 Å². The summed E-state index contributed by atoms with van der Waals surface area (Å²) in [6.07, 6.45) is 1.97. The quantitative estimate of drug-likeness (QED) is 0.760. The molecule has 0 aromatic heterocycles. The van der Waals surface area contributed by atoms with E-state index in [9.17, 15) is 4.79 Å². The first-order valence-corrected chi connectivity index (χ1v) is 7.38. The Morgan fingerprint density at radius 2 is 2.14 bits per heavy atom. The van der Waals surface area contributed by atoms with Gasteiger partial charge in [-0.15, -0.1) is 0 Å². The van der Waals surface area contributed by atoms with Gasteiger partial charge in [0, 0.05) is 18.7 Å². The number of ether oxygens (including phenoxy) is 2. The first-order chi connectivity index (χ1) is 10.4. The van der Waals surface area contributed by atoms with E-state index in [0.717, 1.165) is 16.9 Å². The number of amides is 1. The first-order valence-electron chi connectivity index (χ1n) is 7.38. The number of carbonyl (C=O) groups excluding carboxylic acids is 1. The van der Waals surface area contributed by atoms with Crippen LogP contribution in [0.5, 0.6) is 5.75 Å². The van der Waals surface area contributed by atoms with Gasteiger partial charge in [0.2, 0.25) is 0 Å². The van der Waals surface area contributed by atoms with Crippen molar-refractivity contribution in [1.82, 2.24) is 5.32 Å². The van der Waals surface area contributed by atoms with Crippen LogP contribution in [0.4, 0.5) is 4.79 Å². The molecule has 0 bridgehead atoms. The highest BCUT2D eigenvalue weighted by Crippen LogP contribution is 2.20. The number of alkyl carbamates (subject to hydrolysis) is 1. The third kappa shape index (κ3) is 6.63. The maximum absolute atomic E-state index is 11.6. The SMILES string of the molecule is C=CCOc1cc(CCNC(=O)OC(C)(C)C)ccc1CN. The van der Waals surface area contributed by atoms with Crippen LogP contribution in [0.1, 0.15) is 31.9 Å². The van der Waals surface area contributed by atoms with E-state index in [1.165, 1.54) is 0 Å². The van der Waals surface area contributed by atoms with Crippen molar-refractivity contribution < 1.29 is 14.3 Å². The molecule has 0 saturated heterocycles. The summed E-state index contributed by atoms with van der Waals surface area (Å²) in [5, 5.41) is 2.74. The van der Waals surface area contributed by atoms with Crippen LogP contribution in [0.2, 0.25) is 0 Å². The third-order valence-corrected chi connectivity index (χ3v) is 2.79. The van der Waals surface area contributed by atoms with E-state index in [-0.39, 0.29) is 0 Å². The largest absolute Gasteiger partial charge is 0.489 e. The molecule has 5 heteroatoms. The van der Waals surface area contributed by atoms with Crippen LogP contribution < -0.4 is 15.8 Å². The lowest BCUT2D eigenvalue weighted by atomic mass is 10.1. The molecule has 5 nitrogen and oxygen atoms in total. The van der Waals surface area contributed by atoms with Gasteiger partial charge < -0.3 is 20.5 Å². The van der Waals surface area contributed by atoms with Crippen molar-refractivity contribution >= 4 is 6.09 Å². The number of benzene rings is 1. The van der Waals surface area contributed by atoms with Gasteiger partial charge in [-0.2, -0.15) is 0 Å². The van der Waals surface area contributed by atoms with E-state index in [1.54, 1.807) is 6.08 Å². The maximum Gasteiger partial charge on any atom is 0.407 e. The molecule has 122 valence electrons. The molecule has 0 aliphatic heterocycles. The molecule has 0 heterocycles. The summed E-state index contributed by atoms with van der Waals surface area (Å²) in [5.41, 5.74) is 7.22. The average Bonchev–Trinajstić information content (AvgIpc) is 2.43. The second-order valence-corrected chi connectivity index (χ2v) is 5.92. The molecule has 0 spiro atoms. The van der Waals surface area contributed by atoms with Crippen LogP contribution in [0.15, 0.2) is 30.9 Å². The highest BCUT2D eigenvalue weighted by Gasteiger charge is 2.15. The Kier molecular flexibility index (Phi) is 6.92. The second kappa shape index (κ2) is 8.44. The lowest BCUT2D eigenvalue weighted by molar-refractivity contribution is 0.0528. The van der Waals surface area contributed by atoms with Gasteiger partial charge in [-0.05, 0) is 38.8 Å². The van der Waals surface area contributed by atoms with Gasteiger partial charge >= 0.3 is 6.09 Å². The summed E-state index contributed by atoms with van der Waals surface area (Å²) in [7, 11) is 0. The highest BCUT2D eigenvalue weighted by atomic mass is 16.6. The molecule has 0 fully saturated rings. The van der Waals surface area contributed by atoms with Crippen molar-refractivity contribution in [3.8, 4) is 5.75 Å². The summed E-state index contributed by atoms with van der Waals surface area (Å²) < 4.78 is 10.8. The molecule has 1 rings (SSSR count). The lowest BCUT2D eigenvalue weighted by Crippen LogP contribution is -2.33. The van der Waals surface area contributed by atoms with Crippen LogP contribution in [0.25, 0.3) is 0 Å². The predicted octanol–water partition coefficient (Wildman–Crippen LogP) is 2.78. The molecule has 3 N–H and O–H groups in total. The summed E-state index contributed by atoms with van der Waals surface area (Å²) in [5.74, 6) is 0.761. The van der Waals surface area contributed by atoms with Crippen molar-refractivity contribution in [2.24, 2.45) is 5.73 Å². The number of rotatable bonds is 7. The van der Waals surface area contributed by atoms with Crippen molar-refractivity contribution in [1.29, 1.82) is 0 Å². The van der Waals surface area contributed by atoms with Crippen LogP contribution >= 0.6 is 0 Å². The molecule has 1 aromatic carbocycles. The minimum absolute atomic E-state index is 0.408. The lowest BCUT2D eigenvalue weighted by Gasteiger charge is -2.19. The number of hydrogen-bond donors (Lipinski definition) is 2. The number of hydrogen-bond acceptors (Lipinski definition) is 4. The summed E-state index contributed by atoms with van der Waals surface area (Å²) >= 11 is 0. The van der Waals surface area contributed by atoms with Gasteiger partial charge in [-0.25, -0.2) is 4.79 Å². The molecule has 0 aliphatic carbocycles. The molecule has 22 heavy (non-hydrogen) atoms. The Labute approximate surface area is 132 Å². The van der Waals surface area contributed by atoms with E-state index >= 15 is 0 Å². The molecular formula is C17H26N2O3. The standard InChI is InChI=1S/C17H26N2O3/c1-5-10-21-15-11-13(6-7-14(15)12-18)8-9-19-16(20)22-17(2,3)4/h5-7,11H,1,8-10,12,18H2,2-4H3,(H,19,20). The van der Waals surface area contributed by atoms with Crippen molar-refractivity contribution in [2.75, 3.05) is 13.2 Å². The Bertz CT molecular complexity index is 507. The van der Waals surface area contributed by atoms with Crippen LogP contribution in [0, 0.1) is 0 Å². The smallest absolute Gasteiger partial charge is 0.407 e. The minimum Gasteiger partial charge on any atom is -0.489 e. The Balaban J connectivity index is 2.55. The topological polar surface area (TPSA) is 73.6 Å². The van der Waals surface area contributed by atoms with Gasteiger partial charge in [0.1, 0.15) is 18.0 Å². The minimum atomic E-state index is -0.488. The molecule has 0 radical (unpaired) electrons. The fraction of sp³-hybridized carbons (Fsp3) is 0.471. The van der Waals surface area contributed by atoms with Gasteiger partial charge in [-0.1, -0.05) is 24.8 Å². The van der Waals surface area contributed by atoms with Crippen LogP contribution in [-0.2, 0) is 17.7 Å². The average molecular weight is 306 g/mol. The van der Waals surface area contributed by atoms with Gasteiger partial charge in [0.25, 0.3) is 0 Å². The zero-order valence-corrected chi connectivity index (χ0v) is 13.6. The third-order valence-electron chi connectivity index (χ3n) is 2.79. The molecule has 0 aliphatic rings. The van der Waals surface area contributed by atoms with E-state index in [2.05, 4.69) is 11.9 Å². The van der Waals surface area contributed by atoms with Crippen molar-refractivity contribution in [3.05, 3.63) is 42.0 Å². The Morgan fingerprint density at radius 1 is 1.41 bits per heavy atom. The highest BCUT2D eigenvalue weighted by molar-refractivity contribution is 5.67. The fourth-order valence-corrected chi connectivity index (χ4v) is 1.83. The summed E-state index contributed by atoms with van der Waals surface area (Å²) in [6.45, 7) is 10.5. The van der Waals surface area contributed by atoms with Crippen molar-refractivity contribution in [2.45, 2.75) is 39.3 Å². The second-order valence-electron chi connectivity index (χ2n) is 5.92. The maximum atomic E-state index is 11.6. The van der Waals surface area contributed by atoms with Crippen LogP contribution in [-0.4, -0.2) is 24.8 Å². The van der Waals surface area contributed by atoms with Crippen LogP contribution in [0.3, 0.4) is 0 Å². The Hall–Kier alpha value is -2.01. The van der Waals surface area contributed by atoms with Gasteiger partial charge in [-0.3, -0.25) is 0 Å². The van der Waals surface area contributed by atoms with Gasteiger partial charge in [0.15, 0.2) is 0 Å². The molecular weight excluding hydrogens is 280 g/mol. The number of nitrogens with two attached hydrogens (primary N) is 1. The van der Waals surface area contributed by atoms with E-state index < -0.39 is 11.7 Å². The monoisotopic (exact) mass is 306 g/mol. The fourth-order valence-electron chi connectivity index (χ4n) is 1.83. The molecule has 0 unspecified atom stereocenters.